The second-order valence-corrected chi connectivity index (χ2v) is 5.04. The summed E-state index contributed by atoms with van der Waals surface area (Å²) in [6.45, 7) is 8.08. The molecule has 0 bridgehead atoms. The van der Waals surface area contributed by atoms with Gasteiger partial charge in [0, 0.05) is 31.7 Å². The Bertz CT molecular complexity index is 323. The van der Waals surface area contributed by atoms with Crippen LogP contribution in [0.25, 0.3) is 0 Å². The average molecular weight is 232 g/mol. The average Bonchev–Trinajstić information content (AvgIpc) is 2.40. The van der Waals surface area contributed by atoms with Gasteiger partial charge < -0.3 is 5.32 Å². The van der Waals surface area contributed by atoms with Crippen LogP contribution in [0.15, 0.2) is 30.3 Å². The van der Waals surface area contributed by atoms with Crippen LogP contribution in [0.1, 0.15) is 25.8 Å². The molecule has 17 heavy (non-hydrogen) atoms. The summed E-state index contributed by atoms with van der Waals surface area (Å²) in [7, 11) is 0. The molecule has 1 N–H and O–H groups in total. The van der Waals surface area contributed by atoms with Crippen molar-refractivity contribution in [2.24, 2.45) is 0 Å². The molecule has 2 unspecified atom stereocenters. The molecule has 2 rings (SSSR count). The first kappa shape index (κ1) is 12.6. The summed E-state index contributed by atoms with van der Waals surface area (Å²) in [6, 6.07) is 12.2. The van der Waals surface area contributed by atoms with Gasteiger partial charge in [0.1, 0.15) is 0 Å². The third-order valence-corrected chi connectivity index (χ3v) is 3.87. The van der Waals surface area contributed by atoms with Crippen LogP contribution in [0.5, 0.6) is 0 Å². The van der Waals surface area contributed by atoms with Crippen molar-refractivity contribution in [1.82, 2.24) is 10.2 Å². The summed E-state index contributed by atoms with van der Waals surface area (Å²) in [5.74, 6) is 0. The van der Waals surface area contributed by atoms with Gasteiger partial charge in [-0.25, -0.2) is 0 Å². The minimum atomic E-state index is 0.654. The summed E-state index contributed by atoms with van der Waals surface area (Å²) in [5.41, 5.74) is 1.45. The maximum atomic E-state index is 3.52. The lowest BCUT2D eigenvalue weighted by atomic mass is 10.0. The Morgan fingerprint density at radius 1 is 1.35 bits per heavy atom. The first-order valence-corrected chi connectivity index (χ1v) is 6.81. The highest BCUT2D eigenvalue weighted by Gasteiger charge is 2.25. The zero-order valence-corrected chi connectivity index (χ0v) is 11.0. The van der Waals surface area contributed by atoms with Gasteiger partial charge in [0.15, 0.2) is 0 Å². The fourth-order valence-electron chi connectivity index (χ4n) is 2.67. The highest BCUT2D eigenvalue weighted by molar-refractivity contribution is 5.16. The van der Waals surface area contributed by atoms with E-state index in [1.807, 2.05) is 0 Å². The number of rotatable bonds is 4. The first-order valence-electron chi connectivity index (χ1n) is 6.81. The summed E-state index contributed by atoms with van der Waals surface area (Å²) in [6.07, 6.45) is 2.41. The zero-order valence-electron chi connectivity index (χ0n) is 11.0. The Hall–Kier alpha value is -0.860. The van der Waals surface area contributed by atoms with Gasteiger partial charge in [0.25, 0.3) is 0 Å². The van der Waals surface area contributed by atoms with Gasteiger partial charge in [-0.05, 0) is 25.3 Å². The molecule has 0 saturated carbocycles. The molecule has 1 heterocycles. The van der Waals surface area contributed by atoms with Crippen LogP contribution in [0.4, 0.5) is 0 Å². The highest BCUT2D eigenvalue weighted by Crippen LogP contribution is 2.15. The standard InChI is InChI=1S/C15H24N2/c1-3-13(2)17-10-9-16-12-15(17)11-14-7-5-4-6-8-14/h4-8,13,15-16H,3,9-12H2,1-2H3. The summed E-state index contributed by atoms with van der Waals surface area (Å²) in [4.78, 5) is 2.67. The number of hydrogen-bond donors (Lipinski definition) is 1. The molecule has 1 aliphatic rings. The maximum absolute atomic E-state index is 3.52. The van der Waals surface area contributed by atoms with E-state index < -0.39 is 0 Å². The number of piperazine rings is 1. The van der Waals surface area contributed by atoms with E-state index in [2.05, 4.69) is 54.4 Å². The van der Waals surface area contributed by atoms with E-state index in [4.69, 9.17) is 0 Å². The molecule has 1 saturated heterocycles. The summed E-state index contributed by atoms with van der Waals surface area (Å²) in [5, 5.41) is 3.52. The summed E-state index contributed by atoms with van der Waals surface area (Å²) < 4.78 is 0. The van der Waals surface area contributed by atoms with E-state index in [0.717, 1.165) is 19.5 Å². The van der Waals surface area contributed by atoms with Gasteiger partial charge in [-0.15, -0.1) is 0 Å². The summed E-state index contributed by atoms with van der Waals surface area (Å²) >= 11 is 0. The van der Waals surface area contributed by atoms with Crippen LogP contribution in [-0.2, 0) is 6.42 Å². The van der Waals surface area contributed by atoms with E-state index in [1.165, 1.54) is 18.5 Å². The van der Waals surface area contributed by atoms with E-state index in [9.17, 15) is 0 Å². The number of nitrogens with zero attached hydrogens (tertiary/aromatic N) is 1. The van der Waals surface area contributed by atoms with Crippen molar-refractivity contribution < 1.29 is 0 Å². The first-order chi connectivity index (χ1) is 8.31. The van der Waals surface area contributed by atoms with Crippen molar-refractivity contribution in [3.8, 4) is 0 Å². The van der Waals surface area contributed by atoms with Crippen molar-refractivity contribution in [1.29, 1.82) is 0 Å². The van der Waals surface area contributed by atoms with Crippen molar-refractivity contribution in [3.63, 3.8) is 0 Å². The second kappa shape index (κ2) is 6.18. The number of benzene rings is 1. The van der Waals surface area contributed by atoms with Crippen molar-refractivity contribution in [2.45, 2.75) is 38.8 Å². The SMILES string of the molecule is CCC(C)N1CCNCC1Cc1ccccc1. The molecule has 2 heteroatoms. The molecule has 0 aliphatic carbocycles. The minimum absolute atomic E-state index is 0.654. The highest BCUT2D eigenvalue weighted by atomic mass is 15.2. The van der Waals surface area contributed by atoms with Crippen LogP contribution in [-0.4, -0.2) is 36.6 Å². The van der Waals surface area contributed by atoms with Gasteiger partial charge in [0.05, 0.1) is 0 Å². The van der Waals surface area contributed by atoms with Crippen LogP contribution < -0.4 is 5.32 Å². The third-order valence-electron chi connectivity index (χ3n) is 3.87. The van der Waals surface area contributed by atoms with Crippen molar-refractivity contribution in [2.75, 3.05) is 19.6 Å². The molecular weight excluding hydrogens is 208 g/mol. The Morgan fingerprint density at radius 3 is 2.82 bits per heavy atom. The molecule has 1 aliphatic heterocycles. The molecule has 2 atom stereocenters. The predicted octanol–water partition coefficient (Wildman–Crippen LogP) is 2.30. The van der Waals surface area contributed by atoms with Crippen LogP contribution in [0, 0.1) is 0 Å². The van der Waals surface area contributed by atoms with E-state index in [-0.39, 0.29) is 0 Å². The van der Waals surface area contributed by atoms with E-state index >= 15 is 0 Å². The lowest BCUT2D eigenvalue weighted by molar-refractivity contribution is 0.112. The fourth-order valence-corrected chi connectivity index (χ4v) is 2.67. The number of nitrogens with one attached hydrogen (secondary N) is 1. The van der Waals surface area contributed by atoms with Crippen LogP contribution in [0.2, 0.25) is 0 Å². The fraction of sp³-hybridized carbons (Fsp3) is 0.600. The Labute approximate surface area is 105 Å². The van der Waals surface area contributed by atoms with Gasteiger partial charge in [-0.2, -0.15) is 0 Å². The van der Waals surface area contributed by atoms with Gasteiger partial charge in [-0.3, -0.25) is 4.90 Å². The van der Waals surface area contributed by atoms with Crippen LogP contribution >= 0.6 is 0 Å². The molecule has 0 aromatic heterocycles. The molecular formula is C15H24N2. The molecule has 2 nitrogen and oxygen atoms in total. The van der Waals surface area contributed by atoms with Gasteiger partial charge in [-0.1, -0.05) is 37.3 Å². The predicted molar refractivity (Wildman–Crippen MR) is 73.3 cm³/mol. The topological polar surface area (TPSA) is 15.3 Å². The van der Waals surface area contributed by atoms with E-state index in [1.54, 1.807) is 0 Å². The Morgan fingerprint density at radius 2 is 2.12 bits per heavy atom. The zero-order chi connectivity index (χ0) is 12.1. The molecule has 1 aromatic carbocycles. The molecule has 1 aromatic rings. The number of hydrogen-bond acceptors (Lipinski definition) is 2. The van der Waals surface area contributed by atoms with Crippen molar-refractivity contribution in [3.05, 3.63) is 35.9 Å². The van der Waals surface area contributed by atoms with Gasteiger partial charge in [0.2, 0.25) is 0 Å². The van der Waals surface area contributed by atoms with Crippen molar-refractivity contribution >= 4 is 0 Å². The Kier molecular flexibility index (Phi) is 4.57. The largest absolute Gasteiger partial charge is 0.314 e. The molecule has 94 valence electrons. The van der Waals surface area contributed by atoms with E-state index in [0.29, 0.717) is 12.1 Å². The van der Waals surface area contributed by atoms with Gasteiger partial charge >= 0.3 is 0 Å². The third kappa shape index (κ3) is 3.30. The smallest absolute Gasteiger partial charge is 0.0264 e. The normalized spacial score (nSPS) is 23.5. The quantitative estimate of drug-likeness (QED) is 0.857. The maximum Gasteiger partial charge on any atom is 0.0264 e. The minimum Gasteiger partial charge on any atom is -0.314 e. The lowest BCUT2D eigenvalue weighted by Gasteiger charge is -2.40. The lowest BCUT2D eigenvalue weighted by Crippen LogP contribution is -2.55. The molecule has 0 amide bonds. The molecule has 0 spiro atoms. The second-order valence-electron chi connectivity index (χ2n) is 5.04. The molecule has 0 radical (unpaired) electrons. The monoisotopic (exact) mass is 232 g/mol. The molecule has 1 fully saturated rings. The van der Waals surface area contributed by atoms with Crippen LogP contribution in [0.3, 0.4) is 0 Å². The Balaban J connectivity index is 2.01.